The summed E-state index contributed by atoms with van der Waals surface area (Å²) in [5.41, 5.74) is -0.262. The Kier molecular flexibility index (Phi) is 5.87. The maximum Gasteiger partial charge on any atom is 0.278 e. The minimum atomic E-state index is -3.80. The number of hydrogen-bond acceptors (Lipinski definition) is 7. The third kappa shape index (κ3) is 4.17. The number of ketones is 1. The summed E-state index contributed by atoms with van der Waals surface area (Å²) < 4.78 is 46.5. The molecule has 1 aliphatic rings. The van der Waals surface area contributed by atoms with Crippen LogP contribution in [-0.2, 0) is 14.8 Å². The lowest BCUT2D eigenvalue weighted by atomic mass is 10.1. The zero-order valence-corrected chi connectivity index (χ0v) is 17.5. The molecule has 1 aromatic heterocycles. The molecule has 0 bridgehead atoms. The van der Waals surface area contributed by atoms with E-state index in [0.29, 0.717) is 13.2 Å². The van der Waals surface area contributed by atoms with Crippen LogP contribution >= 0.6 is 0 Å². The molecule has 32 heavy (non-hydrogen) atoms. The van der Waals surface area contributed by atoms with Gasteiger partial charge in [-0.05, 0) is 36.4 Å². The molecule has 1 saturated heterocycles. The highest BCUT2D eigenvalue weighted by atomic mass is 32.2. The summed E-state index contributed by atoms with van der Waals surface area (Å²) in [6.45, 7) is 1.03. The highest BCUT2D eigenvalue weighted by Gasteiger charge is 2.27. The highest BCUT2D eigenvalue weighted by molar-refractivity contribution is 7.89. The molecule has 0 atom stereocenters. The van der Waals surface area contributed by atoms with E-state index in [0.717, 1.165) is 35.3 Å². The molecule has 1 aliphatic heterocycles. The van der Waals surface area contributed by atoms with Crippen molar-refractivity contribution in [2.75, 3.05) is 26.3 Å². The van der Waals surface area contributed by atoms with Crippen LogP contribution in [0.1, 0.15) is 26.3 Å². The van der Waals surface area contributed by atoms with E-state index in [1.54, 1.807) is 0 Å². The van der Waals surface area contributed by atoms with E-state index in [2.05, 4.69) is 5.10 Å². The van der Waals surface area contributed by atoms with Gasteiger partial charge in [0.25, 0.3) is 5.91 Å². The van der Waals surface area contributed by atoms with Gasteiger partial charge in [-0.1, -0.05) is 6.07 Å². The number of aromatic nitrogens is 2. The van der Waals surface area contributed by atoms with Gasteiger partial charge in [0, 0.05) is 24.8 Å². The molecular weight excluding hydrogens is 441 g/mol. The number of halogens is 1. The van der Waals surface area contributed by atoms with Crippen molar-refractivity contribution < 1.29 is 32.2 Å². The van der Waals surface area contributed by atoms with Gasteiger partial charge in [-0.2, -0.15) is 9.40 Å². The van der Waals surface area contributed by atoms with Gasteiger partial charge in [0.1, 0.15) is 11.6 Å². The second-order valence-corrected chi connectivity index (χ2v) is 8.95. The van der Waals surface area contributed by atoms with Crippen LogP contribution in [0.5, 0.6) is 5.75 Å². The predicted molar refractivity (Wildman–Crippen MR) is 109 cm³/mol. The van der Waals surface area contributed by atoms with Gasteiger partial charge < -0.3 is 9.84 Å². The Hall–Kier alpha value is -3.41. The monoisotopic (exact) mass is 459 g/mol. The van der Waals surface area contributed by atoms with Crippen LogP contribution in [0, 0.1) is 5.82 Å². The van der Waals surface area contributed by atoms with Crippen molar-refractivity contribution in [3.8, 4) is 5.75 Å². The first-order valence-corrected chi connectivity index (χ1v) is 11.0. The quantitative estimate of drug-likeness (QED) is 0.577. The number of phenolic OH excluding ortho intramolecular Hbond substituents is 1. The van der Waals surface area contributed by atoms with Crippen molar-refractivity contribution in [3.05, 3.63) is 77.4 Å². The Morgan fingerprint density at radius 3 is 2.56 bits per heavy atom. The minimum Gasteiger partial charge on any atom is -0.507 e. The van der Waals surface area contributed by atoms with Crippen LogP contribution in [0.25, 0.3) is 0 Å². The fourth-order valence-corrected chi connectivity index (χ4v) is 4.71. The molecule has 0 aliphatic carbocycles. The molecule has 0 radical (unpaired) electrons. The first-order valence-electron chi connectivity index (χ1n) is 9.58. The van der Waals surface area contributed by atoms with E-state index in [1.165, 1.54) is 28.6 Å². The molecule has 1 N–H and O–H groups in total. The second-order valence-electron chi connectivity index (χ2n) is 7.01. The number of aromatic hydroxyl groups is 1. The molecule has 0 unspecified atom stereocenters. The molecule has 4 rings (SSSR count). The van der Waals surface area contributed by atoms with Crippen molar-refractivity contribution in [1.29, 1.82) is 0 Å². The summed E-state index contributed by atoms with van der Waals surface area (Å²) in [6, 6.07) is 8.47. The molecule has 2 heterocycles. The van der Waals surface area contributed by atoms with Crippen molar-refractivity contribution in [2.24, 2.45) is 0 Å². The number of morpholine rings is 1. The molecule has 1 fully saturated rings. The normalized spacial score (nSPS) is 14.9. The Morgan fingerprint density at radius 2 is 1.81 bits per heavy atom. The molecular formula is C21H18FN3O6S. The average molecular weight is 459 g/mol. The molecule has 0 spiro atoms. The number of hydrogen-bond donors (Lipinski definition) is 1. The SMILES string of the molecule is O=C(c1cnn(C(=O)c2cccc(S(=O)(=O)N3CCOCC3)c2)c1)c1cc(F)ccc1O. The summed E-state index contributed by atoms with van der Waals surface area (Å²) in [7, 11) is -3.80. The number of sulfonamides is 1. The predicted octanol–water partition coefficient (Wildman–Crippen LogP) is 1.67. The number of nitrogens with zero attached hydrogens (tertiary/aromatic N) is 3. The van der Waals surface area contributed by atoms with Gasteiger partial charge in [-0.3, -0.25) is 9.59 Å². The first kappa shape index (κ1) is 21.8. The summed E-state index contributed by atoms with van der Waals surface area (Å²) >= 11 is 0. The lowest BCUT2D eigenvalue weighted by Crippen LogP contribution is -2.40. The number of phenols is 1. The highest BCUT2D eigenvalue weighted by Crippen LogP contribution is 2.22. The largest absolute Gasteiger partial charge is 0.507 e. The summed E-state index contributed by atoms with van der Waals surface area (Å²) in [5.74, 6) is -2.49. The van der Waals surface area contributed by atoms with Crippen molar-refractivity contribution in [3.63, 3.8) is 0 Å². The van der Waals surface area contributed by atoms with Crippen LogP contribution in [0.4, 0.5) is 4.39 Å². The minimum absolute atomic E-state index is 0.0432. The van der Waals surface area contributed by atoms with E-state index in [-0.39, 0.29) is 34.7 Å². The Bertz CT molecular complexity index is 1300. The van der Waals surface area contributed by atoms with E-state index in [9.17, 15) is 27.5 Å². The summed E-state index contributed by atoms with van der Waals surface area (Å²) in [6.07, 6.45) is 2.25. The van der Waals surface area contributed by atoms with Crippen LogP contribution in [-0.4, -0.2) is 65.6 Å². The first-order chi connectivity index (χ1) is 15.3. The van der Waals surface area contributed by atoms with Gasteiger partial charge in [0.05, 0.1) is 35.4 Å². The van der Waals surface area contributed by atoms with Crippen molar-refractivity contribution in [1.82, 2.24) is 14.1 Å². The van der Waals surface area contributed by atoms with Crippen molar-refractivity contribution in [2.45, 2.75) is 4.90 Å². The van der Waals surface area contributed by atoms with Gasteiger partial charge in [0.15, 0.2) is 5.78 Å². The van der Waals surface area contributed by atoms with Gasteiger partial charge in [-0.15, -0.1) is 0 Å². The number of rotatable bonds is 5. The molecule has 0 saturated carbocycles. The zero-order chi connectivity index (χ0) is 22.9. The van der Waals surface area contributed by atoms with Crippen molar-refractivity contribution >= 4 is 21.7 Å². The fourth-order valence-electron chi connectivity index (χ4n) is 3.25. The maximum absolute atomic E-state index is 13.4. The van der Waals surface area contributed by atoms with E-state index in [4.69, 9.17) is 4.74 Å². The summed E-state index contributed by atoms with van der Waals surface area (Å²) in [5, 5.41) is 13.7. The standard InChI is InChI=1S/C21H18FN3O6S/c22-16-4-5-19(26)18(11-16)20(27)15-12-23-25(13-15)21(28)14-2-1-3-17(10-14)32(29,30)24-6-8-31-9-7-24/h1-5,10-13,26H,6-9H2. The second kappa shape index (κ2) is 8.61. The maximum atomic E-state index is 13.4. The van der Waals surface area contributed by atoms with Crippen LogP contribution in [0.15, 0.2) is 59.8 Å². The number of ether oxygens (including phenoxy) is 1. The van der Waals surface area contributed by atoms with E-state index in [1.807, 2.05) is 0 Å². The Labute approximate surface area is 182 Å². The van der Waals surface area contributed by atoms with Gasteiger partial charge >= 0.3 is 0 Å². The van der Waals surface area contributed by atoms with Crippen LogP contribution in [0.2, 0.25) is 0 Å². The lowest BCUT2D eigenvalue weighted by molar-refractivity contribution is 0.0730. The molecule has 3 aromatic rings. The fraction of sp³-hybridized carbons (Fsp3) is 0.190. The molecule has 2 aromatic carbocycles. The van der Waals surface area contributed by atoms with Crippen LogP contribution in [0.3, 0.4) is 0 Å². The smallest absolute Gasteiger partial charge is 0.278 e. The molecule has 166 valence electrons. The molecule has 0 amide bonds. The molecule has 9 nitrogen and oxygen atoms in total. The number of carbonyl (C=O) groups excluding carboxylic acids is 2. The number of benzene rings is 2. The Balaban J connectivity index is 1.59. The zero-order valence-electron chi connectivity index (χ0n) is 16.6. The van der Waals surface area contributed by atoms with E-state index < -0.39 is 33.3 Å². The topological polar surface area (TPSA) is 119 Å². The third-order valence-electron chi connectivity index (χ3n) is 4.94. The van der Waals surface area contributed by atoms with Crippen LogP contribution < -0.4 is 0 Å². The third-order valence-corrected chi connectivity index (χ3v) is 6.84. The average Bonchev–Trinajstić information content (AvgIpc) is 3.30. The lowest BCUT2D eigenvalue weighted by Gasteiger charge is -2.26. The molecule has 11 heteroatoms. The van der Waals surface area contributed by atoms with Gasteiger partial charge in [-0.25, -0.2) is 17.5 Å². The Morgan fingerprint density at radius 1 is 1.06 bits per heavy atom. The summed E-state index contributed by atoms with van der Waals surface area (Å²) in [4.78, 5) is 25.4. The van der Waals surface area contributed by atoms with Gasteiger partial charge in [0.2, 0.25) is 10.0 Å². The van der Waals surface area contributed by atoms with E-state index >= 15 is 0 Å². The number of carbonyl (C=O) groups is 2.